The first-order chi connectivity index (χ1) is 17.8. The van der Waals surface area contributed by atoms with Crippen molar-refractivity contribution < 1.29 is 30.0 Å². The molecule has 0 aliphatic carbocycles. The summed E-state index contributed by atoms with van der Waals surface area (Å²) in [5.74, 6) is 0. The van der Waals surface area contributed by atoms with E-state index in [1.807, 2.05) is 43.3 Å². The van der Waals surface area contributed by atoms with E-state index < -0.39 is 41.9 Å². The molecule has 1 atom stereocenters. The van der Waals surface area contributed by atoms with E-state index in [0.29, 0.717) is 24.6 Å². The van der Waals surface area contributed by atoms with Gasteiger partial charge in [0.25, 0.3) is 0 Å². The number of hydrogen-bond donors (Lipinski definition) is 2. The van der Waals surface area contributed by atoms with Crippen LogP contribution in [0.3, 0.4) is 0 Å². The molecule has 11 heteroatoms. The summed E-state index contributed by atoms with van der Waals surface area (Å²) in [6.45, 7) is 3.73. The Hall–Kier alpha value is -2.89. The number of nitrogens with one attached hydrogen (secondary N) is 2. The van der Waals surface area contributed by atoms with Crippen LogP contribution in [0.25, 0.3) is 11.1 Å². The summed E-state index contributed by atoms with van der Waals surface area (Å²) in [5, 5.41) is -0.482. The van der Waals surface area contributed by atoms with Gasteiger partial charge >= 0.3 is 6.18 Å². The maximum atomic E-state index is 12.9. The molecule has 0 spiro atoms. The second-order valence-electron chi connectivity index (χ2n) is 9.05. The molecule has 0 heterocycles. The normalized spacial score (nSPS) is 13.3. The van der Waals surface area contributed by atoms with E-state index in [9.17, 15) is 30.0 Å². The van der Waals surface area contributed by atoms with Crippen LogP contribution in [0.4, 0.5) is 18.9 Å². The Morgan fingerprint density at radius 2 is 1.47 bits per heavy atom. The molecule has 0 radical (unpaired) electrons. The molecular weight excluding hydrogens is 537 g/mol. The third-order valence-electron chi connectivity index (χ3n) is 6.10. The minimum Gasteiger partial charge on any atom is -0.283 e. The highest BCUT2D eigenvalue weighted by atomic mass is 32.2. The van der Waals surface area contributed by atoms with E-state index in [1.54, 1.807) is 19.1 Å². The van der Waals surface area contributed by atoms with Gasteiger partial charge in [-0.2, -0.15) is 13.2 Å². The molecule has 0 aromatic heterocycles. The van der Waals surface area contributed by atoms with Gasteiger partial charge in [-0.05, 0) is 66.8 Å². The molecule has 3 rings (SSSR count). The van der Waals surface area contributed by atoms with Gasteiger partial charge in [0.15, 0.2) is 0 Å². The number of rotatable bonds is 12. The fraction of sp³-hybridized carbons (Fsp3) is 0.333. The summed E-state index contributed by atoms with van der Waals surface area (Å²) in [5.41, 5.74) is 2.07. The SMILES string of the molecule is CCCCC(C)S(=O)(=O)Nc1ccc(-c2ccc(CCNS(=O)(=O)c3cccc(C(F)(F)F)c3)cc2)cc1. The predicted octanol–water partition coefficient (Wildman–Crippen LogP) is 6.21. The lowest BCUT2D eigenvalue weighted by Crippen LogP contribution is -2.26. The van der Waals surface area contributed by atoms with Gasteiger partial charge in [0, 0.05) is 12.2 Å². The average Bonchev–Trinajstić information content (AvgIpc) is 2.87. The van der Waals surface area contributed by atoms with Gasteiger partial charge in [0.2, 0.25) is 20.0 Å². The van der Waals surface area contributed by atoms with E-state index in [4.69, 9.17) is 0 Å². The zero-order valence-electron chi connectivity index (χ0n) is 21.1. The minimum atomic E-state index is -4.63. The molecule has 0 saturated carbocycles. The molecule has 38 heavy (non-hydrogen) atoms. The van der Waals surface area contributed by atoms with Gasteiger partial charge in [0.1, 0.15) is 0 Å². The van der Waals surface area contributed by atoms with Gasteiger partial charge in [-0.25, -0.2) is 21.6 Å². The van der Waals surface area contributed by atoms with E-state index in [2.05, 4.69) is 9.44 Å². The zero-order chi connectivity index (χ0) is 28.0. The van der Waals surface area contributed by atoms with Crippen LogP contribution in [0, 0.1) is 0 Å². The topological polar surface area (TPSA) is 92.3 Å². The van der Waals surface area contributed by atoms with Gasteiger partial charge in [-0.15, -0.1) is 0 Å². The van der Waals surface area contributed by atoms with Crippen LogP contribution in [0.15, 0.2) is 77.7 Å². The predicted molar refractivity (Wildman–Crippen MR) is 144 cm³/mol. The van der Waals surface area contributed by atoms with Gasteiger partial charge in [-0.3, -0.25) is 4.72 Å². The summed E-state index contributed by atoms with van der Waals surface area (Å²) in [7, 11) is -7.55. The molecule has 6 nitrogen and oxygen atoms in total. The monoisotopic (exact) mass is 568 g/mol. The average molecular weight is 569 g/mol. The lowest BCUT2D eigenvalue weighted by atomic mass is 10.0. The number of benzene rings is 3. The van der Waals surface area contributed by atoms with Crippen molar-refractivity contribution in [1.29, 1.82) is 0 Å². The summed E-state index contributed by atoms with van der Waals surface area (Å²) < 4.78 is 93.5. The van der Waals surface area contributed by atoms with Crippen molar-refractivity contribution >= 4 is 25.7 Å². The Balaban J connectivity index is 1.58. The summed E-state index contributed by atoms with van der Waals surface area (Å²) >= 11 is 0. The number of anilines is 1. The largest absolute Gasteiger partial charge is 0.416 e. The number of alkyl halides is 3. The third-order valence-corrected chi connectivity index (χ3v) is 9.38. The highest BCUT2D eigenvalue weighted by Gasteiger charge is 2.31. The molecule has 0 aliphatic heterocycles. The Labute approximate surface area is 222 Å². The highest BCUT2D eigenvalue weighted by Crippen LogP contribution is 2.30. The smallest absolute Gasteiger partial charge is 0.283 e. The molecule has 0 saturated heterocycles. The third kappa shape index (κ3) is 8.05. The Kier molecular flexibility index (Phi) is 9.61. The maximum absolute atomic E-state index is 12.9. The number of halogens is 3. The Morgan fingerprint density at radius 3 is 2.05 bits per heavy atom. The Bertz CT molecular complexity index is 1420. The first-order valence-electron chi connectivity index (χ1n) is 12.2. The molecule has 0 amide bonds. The van der Waals surface area contributed by atoms with Crippen LogP contribution in [0.2, 0.25) is 0 Å². The maximum Gasteiger partial charge on any atom is 0.416 e. The second-order valence-corrected chi connectivity index (χ2v) is 12.9. The fourth-order valence-corrected chi connectivity index (χ4v) is 5.98. The van der Waals surface area contributed by atoms with Gasteiger partial charge < -0.3 is 0 Å². The van der Waals surface area contributed by atoms with Crippen molar-refractivity contribution in [3.63, 3.8) is 0 Å². The summed E-state index contributed by atoms with van der Waals surface area (Å²) in [4.78, 5) is -0.441. The zero-order valence-corrected chi connectivity index (χ0v) is 22.8. The number of hydrogen-bond acceptors (Lipinski definition) is 4. The molecule has 206 valence electrons. The molecule has 0 fully saturated rings. The first-order valence-corrected chi connectivity index (χ1v) is 15.2. The molecule has 0 aliphatic rings. The fourth-order valence-electron chi connectivity index (χ4n) is 3.76. The van der Waals surface area contributed by atoms with E-state index in [0.717, 1.165) is 47.7 Å². The first kappa shape index (κ1) is 29.7. The van der Waals surface area contributed by atoms with Crippen molar-refractivity contribution in [1.82, 2.24) is 4.72 Å². The summed E-state index contributed by atoms with van der Waals surface area (Å²) in [6.07, 6.45) is -1.91. The van der Waals surface area contributed by atoms with Crippen LogP contribution in [0.1, 0.15) is 44.2 Å². The van der Waals surface area contributed by atoms with E-state index in [-0.39, 0.29) is 6.54 Å². The van der Waals surface area contributed by atoms with Crippen LogP contribution < -0.4 is 9.44 Å². The molecule has 2 N–H and O–H groups in total. The van der Waals surface area contributed by atoms with Crippen molar-refractivity contribution in [3.8, 4) is 11.1 Å². The van der Waals surface area contributed by atoms with Crippen molar-refractivity contribution in [2.45, 2.75) is 55.9 Å². The van der Waals surface area contributed by atoms with Crippen LogP contribution in [-0.4, -0.2) is 28.6 Å². The quantitative estimate of drug-likeness (QED) is 0.272. The lowest BCUT2D eigenvalue weighted by molar-refractivity contribution is -0.137. The van der Waals surface area contributed by atoms with Crippen molar-refractivity contribution in [2.24, 2.45) is 0 Å². The van der Waals surface area contributed by atoms with Crippen LogP contribution >= 0.6 is 0 Å². The lowest BCUT2D eigenvalue weighted by Gasteiger charge is -2.15. The second kappa shape index (κ2) is 12.3. The van der Waals surface area contributed by atoms with Crippen LogP contribution in [0.5, 0.6) is 0 Å². The standard InChI is InChI=1S/C27H31F3N2O4S2/c1-3-4-6-20(2)37(33,34)32-25-15-13-23(14-16-25)22-11-9-21(10-12-22)17-18-31-38(35,36)26-8-5-7-24(19-26)27(28,29)30/h5,7-16,19-20,31-32H,3-4,6,17-18H2,1-2H3. The van der Waals surface area contributed by atoms with Gasteiger partial charge in [0.05, 0.1) is 15.7 Å². The van der Waals surface area contributed by atoms with Gasteiger partial charge in [-0.1, -0.05) is 62.2 Å². The minimum absolute atomic E-state index is 0.0173. The van der Waals surface area contributed by atoms with Crippen molar-refractivity contribution in [2.75, 3.05) is 11.3 Å². The van der Waals surface area contributed by atoms with Crippen molar-refractivity contribution in [3.05, 3.63) is 83.9 Å². The number of unbranched alkanes of at least 4 members (excludes halogenated alkanes) is 1. The molecule has 1 unspecified atom stereocenters. The number of sulfonamides is 2. The summed E-state index contributed by atoms with van der Waals surface area (Å²) in [6, 6.07) is 18.0. The molecule has 3 aromatic carbocycles. The van der Waals surface area contributed by atoms with Crippen LogP contribution in [-0.2, 0) is 32.6 Å². The molecule has 0 bridgehead atoms. The van der Waals surface area contributed by atoms with E-state index in [1.165, 1.54) is 0 Å². The highest BCUT2D eigenvalue weighted by molar-refractivity contribution is 7.93. The molecule has 3 aromatic rings. The van der Waals surface area contributed by atoms with E-state index >= 15 is 0 Å². The molecular formula is C27H31F3N2O4S2. The Morgan fingerprint density at radius 1 is 0.868 bits per heavy atom.